The van der Waals surface area contributed by atoms with Crippen molar-refractivity contribution in [3.8, 4) is 0 Å². The molecule has 146 valence electrons. The van der Waals surface area contributed by atoms with Crippen molar-refractivity contribution in [1.82, 2.24) is 15.2 Å². The number of aromatic nitrogens is 1. The second-order valence-corrected chi connectivity index (χ2v) is 9.44. The molecular formula is C20H27ClN4OS. The molecular weight excluding hydrogens is 380 g/mol. The molecule has 1 fully saturated rings. The molecule has 1 aliphatic heterocycles. The van der Waals surface area contributed by atoms with Gasteiger partial charge in [0.25, 0.3) is 0 Å². The Morgan fingerprint density at radius 2 is 1.93 bits per heavy atom. The number of rotatable bonds is 5. The number of benzene rings is 1. The number of thiazole rings is 1. The maximum Gasteiger partial charge on any atom is 0.240 e. The van der Waals surface area contributed by atoms with Gasteiger partial charge in [0.15, 0.2) is 5.13 Å². The van der Waals surface area contributed by atoms with E-state index in [-0.39, 0.29) is 11.3 Å². The Morgan fingerprint density at radius 3 is 2.56 bits per heavy atom. The number of hydrogen-bond donors (Lipinski definition) is 2. The molecule has 1 amide bonds. The number of carbonyl (C=O) groups excluding carboxylic acids is 1. The fourth-order valence-electron chi connectivity index (χ4n) is 3.13. The van der Waals surface area contributed by atoms with Gasteiger partial charge in [0, 0.05) is 47.9 Å². The van der Waals surface area contributed by atoms with Crippen LogP contribution in [0.2, 0.25) is 5.02 Å². The van der Waals surface area contributed by atoms with Gasteiger partial charge in [-0.2, -0.15) is 0 Å². The molecule has 2 aromatic rings. The van der Waals surface area contributed by atoms with Gasteiger partial charge in [-0.25, -0.2) is 4.98 Å². The number of nitrogens with zero attached hydrogens (tertiary/aromatic N) is 2. The van der Waals surface area contributed by atoms with Crippen LogP contribution in [0.3, 0.4) is 0 Å². The van der Waals surface area contributed by atoms with Crippen molar-refractivity contribution in [3.63, 3.8) is 0 Å². The molecule has 0 atom stereocenters. The molecule has 3 rings (SSSR count). The molecule has 1 aliphatic rings. The first-order valence-electron chi connectivity index (χ1n) is 9.29. The van der Waals surface area contributed by atoms with Crippen molar-refractivity contribution in [2.75, 3.05) is 38.0 Å². The maximum atomic E-state index is 12.4. The highest BCUT2D eigenvalue weighted by molar-refractivity contribution is 7.15. The average Bonchev–Trinajstić information content (AvgIpc) is 3.00. The highest BCUT2D eigenvalue weighted by Crippen LogP contribution is 2.33. The van der Waals surface area contributed by atoms with Gasteiger partial charge in [0.05, 0.1) is 12.2 Å². The van der Waals surface area contributed by atoms with Crippen molar-refractivity contribution in [2.24, 2.45) is 0 Å². The molecule has 1 saturated heterocycles. The summed E-state index contributed by atoms with van der Waals surface area (Å²) >= 11 is 7.56. The van der Waals surface area contributed by atoms with E-state index >= 15 is 0 Å². The number of piperazine rings is 1. The standard InChI is InChI=1S/C20H27ClN4OS/c1-20(2,3)18-16(12-14-4-6-15(21)7-5-14)27-19(24-18)23-17(26)13-25-10-8-22-9-11-25/h4-7,22H,8-13H2,1-3H3,(H,23,24,26). The van der Waals surface area contributed by atoms with Crippen LogP contribution in [0.5, 0.6) is 0 Å². The Kier molecular flexibility index (Phi) is 6.52. The predicted molar refractivity (Wildman–Crippen MR) is 113 cm³/mol. The summed E-state index contributed by atoms with van der Waals surface area (Å²) in [5.41, 5.74) is 2.15. The van der Waals surface area contributed by atoms with Gasteiger partial charge < -0.3 is 10.6 Å². The van der Waals surface area contributed by atoms with Gasteiger partial charge in [-0.05, 0) is 17.7 Å². The second kappa shape index (κ2) is 8.69. The van der Waals surface area contributed by atoms with Crippen molar-refractivity contribution in [2.45, 2.75) is 32.6 Å². The van der Waals surface area contributed by atoms with Crippen molar-refractivity contribution in [1.29, 1.82) is 0 Å². The number of amides is 1. The lowest BCUT2D eigenvalue weighted by atomic mass is 9.90. The van der Waals surface area contributed by atoms with Crippen LogP contribution in [0.4, 0.5) is 5.13 Å². The summed E-state index contributed by atoms with van der Waals surface area (Å²) in [6.07, 6.45) is 0.787. The summed E-state index contributed by atoms with van der Waals surface area (Å²) < 4.78 is 0. The van der Waals surface area contributed by atoms with E-state index in [2.05, 4.69) is 36.3 Å². The van der Waals surface area contributed by atoms with Crippen LogP contribution >= 0.6 is 22.9 Å². The van der Waals surface area contributed by atoms with Gasteiger partial charge in [0.1, 0.15) is 0 Å². The van der Waals surface area contributed by atoms with Crippen LogP contribution in [0.1, 0.15) is 36.9 Å². The van der Waals surface area contributed by atoms with Crippen LogP contribution in [-0.4, -0.2) is 48.5 Å². The minimum Gasteiger partial charge on any atom is -0.314 e. The minimum atomic E-state index is -0.0836. The highest BCUT2D eigenvalue weighted by atomic mass is 35.5. The molecule has 0 spiro atoms. The summed E-state index contributed by atoms with van der Waals surface area (Å²) in [6.45, 7) is 10.5. The van der Waals surface area contributed by atoms with Crippen LogP contribution in [-0.2, 0) is 16.6 Å². The van der Waals surface area contributed by atoms with Crippen LogP contribution < -0.4 is 10.6 Å². The summed E-state index contributed by atoms with van der Waals surface area (Å²) in [5.74, 6) is 0.00384. The topological polar surface area (TPSA) is 57.3 Å². The Labute approximate surface area is 170 Å². The Morgan fingerprint density at radius 1 is 1.26 bits per heavy atom. The third-order valence-electron chi connectivity index (χ3n) is 4.51. The van der Waals surface area contributed by atoms with E-state index in [4.69, 9.17) is 16.6 Å². The van der Waals surface area contributed by atoms with Gasteiger partial charge in [-0.1, -0.05) is 44.5 Å². The van der Waals surface area contributed by atoms with Gasteiger partial charge in [-0.3, -0.25) is 9.69 Å². The first-order valence-corrected chi connectivity index (χ1v) is 10.5. The molecule has 27 heavy (non-hydrogen) atoms. The number of halogens is 1. The van der Waals surface area contributed by atoms with Gasteiger partial charge in [-0.15, -0.1) is 11.3 Å². The van der Waals surface area contributed by atoms with E-state index in [1.54, 1.807) is 11.3 Å². The molecule has 0 saturated carbocycles. The molecule has 0 radical (unpaired) electrons. The van der Waals surface area contributed by atoms with E-state index in [1.807, 2.05) is 24.3 Å². The zero-order valence-electron chi connectivity index (χ0n) is 16.1. The lowest BCUT2D eigenvalue weighted by Crippen LogP contribution is -2.46. The number of carbonyl (C=O) groups is 1. The van der Waals surface area contributed by atoms with Crippen LogP contribution in [0.25, 0.3) is 0 Å². The van der Waals surface area contributed by atoms with Gasteiger partial charge in [0.2, 0.25) is 5.91 Å². The van der Waals surface area contributed by atoms with Crippen molar-refractivity contribution < 1.29 is 4.79 Å². The quantitative estimate of drug-likeness (QED) is 0.797. The summed E-state index contributed by atoms with van der Waals surface area (Å²) in [4.78, 5) is 20.5. The lowest BCUT2D eigenvalue weighted by Gasteiger charge is -2.26. The zero-order chi connectivity index (χ0) is 19.4. The summed E-state index contributed by atoms with van der Waals surface area (Å²) in [7, 11) is 0. The smallest absolute Gasteiger partial charge is 0.240 e. The van der Waals surface area contributed by atoms with E-state index in [1.165, 1.54) is 10.4 Å². The Balaban J connectivity index is 1.72. The summed E-state index contributed by atoms with van der Waals surface area (Å²) in [5, 5.41) is 7.72. The zero-order valence-corrected chi connectivity index (χ0v) is 17.7. The molecule has 1 aromatic carbocycles. The van der Waals surface area contributed by atoms with E-state index in [9.17, 15) is 4.79 Å². The molecule has 7 heteroatoms. The number of anilines is 1. The minimum absolute atomic E-state index is 0.00384. The van der Waals surface area contributed by atoms with E-state index in [0.717, 1.165) is 43.3 Å². The highest BCUT2D eigenvalue weighted by Gasteiger charge is 2.24. The molecule has 1 aromatic heterocycles. The first kappa shape index (κ1) is 20.3. The Hall–Kier alpha value is -1.47. The third kappa shape index (κ3) is 5.75. The largest absolute Gasteiger partial charge is 0.314 e. The number of hydrogen-bond acceptors (Lipinski definition) is 5. The van der Waals surface area contributed by atoms with Crippen molar-refractivity contribution in [3.05, 3.63) is 45.4 Å². The SMILES string of the molecule is CC(C)(C)c1nc(NC(=O)CN2CCNCC2)sc1Cc1ccc(Cl)cc1. The molecule has 0 bridgehead atoms. The average molecular weight is 407 g/mol. The van der Waals surface area contributed by atoms with E-state index < -0.39 is 0 Å². The summed E-state index contributed by atoms with van der Waals surface area (Å²) in [6, 6.07) is 7.89. The van der Waals surface area contributed by atoms with E-state index in [0.29, 0.717) is 11.7 Å². The molecule has 0 unspecified atom stereocenters. The predicted octanol–water partition coefficient (Wildman–Crippen LogP) is 3.53. The molecule has 0 aliphatic carbocycles. The second-order valence-electron chi connectivity index (χ2n) is 7.92. The molecule has 5 nitrogen and oxygen atoms in total. The fraction of sp³-hybridized carbons (Fsp3) is 0.500. The molecule has 2 N–H and O–H groups in total. The molecule has 2 heterocycles. The van der Waals surface area contributed by atoms with Gasteiger partial charge >= 0.3 is 0 Å². The van der Waals surface area contributed by atoms with Crippen LogP contribution in [0.15, 0.2) is 24.3 Å². The fourth-order valence-corrected chi connectivity index (χ4v) is 4.48. The maximum absolute atomic E-state index is 12.4. The first-order chi connectivity index (χ1) is 12.8. The lowest BCUT2D eigenvalue weighted by molar-refractivity contribution is -0.117. The normalized spacial score (nSPS) is 15.7. The number of nitrogens with one attached hydrogen (secondary N) is 2. The monoisotopic (exact) mass is 406 g/mol. The Bertz CT molecular complexity index is 776. The third-order valence-corrected chi connectivity index (χ3v) is 5.73. The van der Waals surface area contributed by atoms with Crippen LogP contribution in [0, 0.1) is 0 Å². The van der Waals surface area contributed by atoms with Crippen molar-refractivity contribution >= 4 is 34.0 Å².